The van der Waals surface area contributed by atoms with E-state index in [2.05, 4.69) is 25.9 Å². The molecule has 0 bridgehead atoms. The van der Waals surface area contributed by atoms with Gasteiger partial charge in [-0.15, -0.1) is 0 Å². The van der Waals surface area contributed by atoms with Gasteiger partial charge in [0, 0.05) is 4.53 Å². The molecular weight excluding hydrogens is 267 g/mol. The lowest BCUT2D eigenvalue weighted by atomic mass is 10.2. The van der Waals surface area contributed by atoms with Crippen LogP contribution in [0.1, 0.15) is 5.69 Å². The molecular formula is C7H3BrF3NO2. The number of aromatic nitrogens is 1. The molecule has 0 amide bonds. The van der Waals surface area contributed by atoms with Gasteiger partial charge < -0.3 is 0 Å². The molecule has 0 radical (unpaired) electrons. The normalized spacial score (nSPS) is 11.1. The topological polar surface area (TPSA) is 39.2 Å². The van der Waals surface area contributed by atoms with E-state index in [-0.39, 0.29) is 4.60 Å². The smallest absolute Gasteiger partial charge is 0.247 e. The van der Waals surface area contributed by atoms with Gasteiger partial charge >= 0.3 is 11.9 Å². The van der Waals surface area contributed by atoms with Gasteiger partial charge in [0.2, 0.25) is 0 Å². The van der Waals surface area contributed by atoms with Crippen molar-refractivity contribution in [3.63, 3.8) is 0 Å². The van der Waals surface area contributed by atoms with Crippen molar-refractivity contribution in [1.82, 2.24) is 4.98 Å². The van der Waals surface area contributed by atoms with Crippen LogP contribution in [0.4, 0.5) is 13.3 Å². The Morgan fingerprint density at radius 1 is 1.50 bits per heavy atom. The van der Waals surface area contributed by atoms with E-state index in [1.54, 1.807) is 0 Å². The third kappa shape index (κ3) is 2.03. The van der Waals surface area contributed by atoms with Crippen molar-refractivity contribution < 1.29 is 23.0 Å². The molecule has 14 heavy (non-hydrogen) atoms. The molecule has 1 rings (SSSR count). The standard InChI is InChI=1S/C7H3BrF3NO2/c8-5-3-1-2-4(12-5)7(9,10)6(13)14-11/h1-3H. The largest absolute Gasteiger partial charge is 0.424 e. The molecule has 0 aliphatic rings. The number of hydrogen-bond acceptors (Lipinski definition) is 3. The minimum absolute atomic E-state index is 0.112. The number of rotatable bonds is 2. The molecule has 1 aromatic rings. The third-order valence-electron chi connectivity index (χ3n) is 1.36. The molecule has 0 unspecified atom stereocenters. The first kappa shape index (κ1) is 11.0. The third-order valence-corrected chi connectivity index (χ3v) is 1.80. The van der Waals surface area contributed by atoms with Crippen LogP contribution in [-0.2, 0) is 15.7 Å². The number of alkyl halides is 2. The lowest BCUT2D eigenvalue weighted by molar-refractivity contribution is -0.213. The molecule has 0 N–H and O–H groups in total. The van der Waals surface area contributed by atoms with Crippen molar-refractivity contribution in [3.05, 3.63) is 28.5 Å². The second kappa shape index (κ2) is 3.95. The molecule has 0 saturated heterocycles. The van der Waals surface area contributed by atoms with Crippen molar-refractivity contribution in [2.24, 2.45) is 0 Å². The zero-order valence-electron chi connectivity index (χ0n) is 6.51. The van der Waals surface area contributed by atoms with E-state index in [0.29, 0.717) is 0 Å². The van der Waals surface area contributed by atoms with Gasteiger partial charge in [-0.1, -0.05) is 6.07 Å². The number of carbonyl (C=O) groups is 1. The van der Waals surface area contributed by atoms with Gasteiger partial charge in [-0.3, -0.25) is 0 Å². The van der Waals surface area contributed by atoms with Gasteiger partial charge in [0.05, 0.1) is 0 Å². The molecule has 0 aliphatic heterocycles. The number of nitrogens with zero attached hydrogens (tertiary/aromatic N) is 1. The van der Waals surface area contributed by atoms with Crippen LogP contribution < -0.4 is 0 Å². The fraction of sp³-hybridized carbons (Fsp3) is 0.143. The van der Waals surface area contributed by atoms with E-state index in [1.165, 1.54) is 12.1 Å². The number of halogens is 4. The highest BCUT2D eigenvalue weighted by molar-refractivity contribution is 9.10. The second-order valence-electron chi connectivity index (χ2n) is 2.28. The van der Waals surface area contributed by atoms with Crippen LogP contribution in [0, 0.1) is 0 Å². The van der Waals surface area contributed by atoms with Crippen LogP contribution >= 0.6 is 15.9 Å². The summed E-state index contributed by atoms with van der Waals surface area (Å²) < 4.78 is 37.3. The highest BCUT2D eigenvalue weighted by atomic mass is 79.9. The predicted molar refractivity (Wildman–Crippen MR) is 43.0 cm³/mol. The van der Waals surface area contributed by atoms with Crippen LogP contribution in [0.3, 0.4) is 0 Å². The lowest BCUT2D eigenvalue weighted by Gasteiger charge is -2.10. The van der Waals surface area contributed by atoms with Gasteiger partial charge in [-0.25, -0.2) is 14.7 Å². The van der Waals surface area contributed by atoms with Crippen molar-refractivity contribution in [3.8, 4) is 0 Å². The molecule has 0 saturated carbocycles. The first-order chi connectivity index (χ1) is 6.48. The summed E-state index contributed by atoms with van der Waals surface area (Å²) in [5, 5.41) is 0. The molecule has 0 spiro atoms. The van der Waals surface area contributed by atoms with E-state index in [4.69, 9.17) is 0 Å². The highest BCUT2D eigenvalue weighted by Crippen LogP contribution is 2.28. The van der Waals surface area contributed by atoms with Crippen molar-refractivity contribution >= 4 is 21.9 Å². The van der Waals surface area contributed by atoms with E-state index >= 15 is 0 Å². The van der Waals surface area contributed by atoms with Crippen molar-refractivity contribution in [1.29, 1.82) is 0 Å². The fourth-order valence-electron chi connectivity index (χ4n) is 0.736. The molecule has 3 nitrogen and oxygen atoms in total. The Kier molecular flexibility index (Phi) is 3.10. The Morgan fingerprint density at radius 3 is 2.64 bits per heavy atom. The van der Waals surface area contributed by atoms with E-state index in [9.17, 15) is 18.1 Å². The summed E-state index contributed by atoms with van der Waals surface area (Å²) in [6.45, 7) is 0. The summed E-state index contributed by atoms with van der Waals surface area (Å²) in [7, 11) is 0. The Balaban J connectivity index is 3.09. The highest BCUT2D eigenvalue weighted by Gasteiger charge is 2.45. The summed E-state index contributed by atoms with van der Waals surface area (Å²) in [4.78, 5) is 16.1. The molecule has 76 valence electrons. The monoisotopic (exact) mass is 269 g/mol. The van der Waals surface area contributed by atoms with Crippen LogP contribution in [-0.4, -0.2) is 11.0 Å². The quantitative estimate of drug-likeness (QED) is 0.774. The Hall–Kier alpha value is -1.11. The summed E-state index contributed by atoms with van der Waals surface area (Å²) in [5.41, 5.74) is -0.880. The predicted octanol–water partition coefficient (Wildman–Crippen LogP) is 2.36. The van der Waals surface area contributed by atoms with Crippen LogP contribution in [0.15, 0.2) is 22.8 Å². The van der Waals surface area contributed by atoms with Crippen molar-refractivity contribution in [2.75, 3.05) is 0 Å². The Labute approximate surface area is 84.9 Å². The van der Waals surface area contributed by atoms with Crippen LogP contribution in [0.5, 0.6) is 0 Å². The van der Waals surface area contributed by atoms with Gasteiger partial charge in [0.1, 0.15) is 10.3 Å². The van der Waals surface area contributed by atoms with Gasteiger partial charge in [-0.05, 0) is 28.1 Å². The maximum absolute atomic E-state index is 12.9. The average molecular weight is 270 g/mol. The number of hydrogen-bond donors (Lipinski definition) is 0. The average Bonchev–Trinajstić information content (AvgIpc) is 2.16. The minimum Gasteiger partial charge on any atom is -0.247 e. The van der Waals surface area contributed by atoms with Gasteiger partial charge in [-0.2, -0.15) is 8.78 Å². The fourth-order valence-corrected chi connectivity index (χ4v) is 1.08. The minimum atomic E-state index is -4.08. The van der Waals surface area contributed by atoms with Crippen LogP contribution in [0.2, 0.25) is 0 Å². The summed E-state index contributed by atoms with van der Waals surface area (Å²) in [6.07, 6.45) is 0. The van der Waals surface area contributed by atoms with Gasteiger partial charge in [0.25, 0.3) is 0 Å². The summed E-state index contributed by atoms with van der Waals surface area (Å²) >= 11 is 2.84. The molecule has 0 aliphatic carbocycles. The molecule has 0 atom stereocenters. The summed E-state index contributed by atoms with van der Waals surface area (Å²) in [6, 6.07) is 3.52. The van der Waals surface area contributed by atoms with E-state index in [0.717, 1.165) is 6.07 Å². The first-order valence-corrected chi connectivity index (χ1v) is 4.11. The molecule has 0 fully saturated rings. The molecule has 0 aromatic carbocycles. The maximum atomic E-state index is 12.9. The lowest BCUT2D eigenvalue weighted by Crippen LogP contribution is -2.27. The SMILES string of the molecule is O=C(OF)C(F)(F)c1cccc(Br)n1. The molecule has 1 aromatic heterocycles. The van der Waals surface area contributed by atoms with E-state index in [1.807, 2.05) is 0 Å². The maximum Gasteiger partial charge on any atom is 0.424 e. The zero-order valence-corrected chi connectivity index (χ0v) is 8.09. The molecule has 1 heterocycles. The first-order valence-electron chi connectivity index (χ1n) is 3.32. The van der Waals surface area contributed by atoms with Crippen LogP contribution in [0.25, 0.3) is 0 Å². The van der Waals surface area contributed by atoms with Gasteiger partial charge in [0.15, 0.2) is 0 Å². The Bertz CT molecular complexity index is 359. The number of pyridine rings is 1. The van der Waals surface area contributed by atoms with E-state index < -0.39 is 17.6 Å². The van der Waals surface area contributed by atoms with Crippen molar-refractivity contribution in [2.45, 2.75) is 5.92 Å². The summed E-state index contributed by atoms with van der Waals surface area (Å²) in [5.74, 6) is -6.37. The second-order valence-corrected chi connectivity index (χ2v) is 3.10. The number of carbonyl (C=O) groups excluding carboxylic acids is 1. The molecule has 7 heteroatoms. The zero-order chi connectivity index (χ0) is 10.8. The Morgan fingerprint density at radius 2 is 2.14 bits per heavy atom.